The Bertz CT molecular complexity index is 962. The van der Waals surface area contributed by atoms with Crippen LogP contribution in [0.3, 0.4) is 0 Å². The predicted molar refractivity (Wildman–Crippen MR) is 85.0 cm³/mol. The number of benzene rings is 1. The van der Waals surface area contributed by atoms with Crippen molar-refractivity contribution in [1.29, 1.82) is 0 Å². The molecule has 2 rings (SSSR count). The molecule has 0 bridgehead atoms. The normalized spacial score (nSPS) is 13.4. The molecule has 1 aromatic carbocycles. The second-order valence-corrected chi connectivity index (χ2v) is 6.13. The minimum absolute atomic E-state index is 0.0994. The Morgan fingerprint density at radius 1 is 0.867 bits per heavy atom. The van der Waals surface area contributed by atoms with Gasteiger partial charge < -0.3 is 5.32 Å². The molecule has 30 heavy (non-hydrogen) atoms. The lowest BCUT2D eigenvalue weighted by atomic mass is 9.84. The maximum atomic E-state index is 13.1. The van der Waals surface area contributed by atoms with E-state index in [0.29, 0.717) is 0 Å². The molecule has 0 saturated heterocycles. The number of rotatable bonds is 3. The van der Waals surface area contributed by atoms with Crippen LogP contribution in [-0.2, 0) is 11.8 Å². The molecule has 14 heteroatoms. The lowest BCUT2D eigenvalue weighted by Crippen LogP contribution is -2.66. The predicted octanol–water partition coefficient (Wildman–Crippen LogP) is 4.10. The topological polar surface area (TPSA) is 56.0 Å². The monoisotopic (exact) mass is 449 g/mol. The Morgan fingerprint density at radius 3 is 1.70 bits per heavy atom. The summed E-state index contributed by atoms with van der Waals surface area (Å²) in [7, 11) is 1.17. The number of nitrogens with one attached hydrogen (secondary N) is 1. The molecule has 0 aliphatic carbocycles. The third-order valence-electron chi connectivity index (χ3n) is 4.41. The highest BCUT2D eigenvalue weighted by Crippen LogP contribution is 2.59. The minimum Gasteiger partial charge on any atom is -0.319 e. The zero-order valence-electron chi connectivity index (χ0n) is 15.0. The number of halogens is 9. The van der Waals surface area contributed by atoms with Crippen molar-refractivity contribution in [2.45, 2.75) is 25.5 Å². The van der Waals surface area contributed by atoms with Crippen molar-refractivity contribution in [2.24, 2.45) is 12.5 Å². The number of carbonyl (C=O) groups is 1. The molecule has 0 saturated carbocycles. The van der Waals surface area contributed by atoms with Crippen LogP contribution in [0.5, 0.6) is 0 Å². The number of para-hydroxylation sites is 1. The molecule has 5 nitrogen and oxygen atoms in total. The van der Waals surface area contributed by atoms with Crippen molar-refractivity contribution < 1.29 is 44.3 Å². The van der Waals surface area contributed by atoms with Gasteiger partial charge in [-0.15, -0.1) is 0 Å². The first-order chi connectivity index (χ1) is 13.5. The molecule has 1 N–H and O–H groups in total. The Hall–Kier alpha value is -2.93. The van der Waals surface area contributed by atoms with Gasteiger partial charge in [0.1, 0.15) is 5.69 Å². The highest BCUT2D eigenvalue weighted by molar-refractivity contribution is 5.97. The molecule has 166 valence electrons. The Kier molecular flexibility index (Phi) is 5.52. The summed E-state index contributed by atoms with van der Waals surface area (Å²) in [5.41, 5.74) is -9.50. The van der Waals surface area contributed by atoms with Crippen molar-refractivity contribution in [2.75, 3.05) is 5.32 Å². The molecule has 0 fully saturated rings. The molecule has 1 amide bonds. The lowest BCUT2D eigenvalue weighted by Gasteiger charge is -2.36. The fraction of sp³-hybridized carbons (Fsp3) is 0.375. The lowest BCUT2D eigenvalue weighted by molar-refractivity contribution is -0.405. The van der Waals surface area contributed by atoms with Gasteiger partial charge in [0.2, 0.25) is 0 Å². The van der Waals surface area contributed by atoms with Gasteiger partial charge in [-0.2, -0.15) is 39.5 Å². The summed E-state index contributed by atoms with van der Waals surface area (Å²) < 4.78 is 119. The van der Waals surface area contributed by atoms with E-state index in [1.54, 1.807) is 0 Å². The third-order valence-corrected chi connectivity index (χ3v) is 4.41. The van der Waals surface area contributed by atoms with Gasteiger partial charge in [-0.05, 0) is 19.1 Å². The zero-order chi connectivity index (χ0) is 23.3. The van der Waals surface area contributed by atoms with E-state index in [1.165, 1.54) is 37.4 Å². The van der Waals surface area contributed by atoms with Crippen molar-refractivity contribution in [3.8, 4) is 5.69 Å². The standard InChI is InChI=1S/C16H12F9N3O2/c1-8-10(11(29)28(27(8)2)9-6-4-3-5-7-9)26-12(30)13(14(17,18)19,15(20,21)22)16(23,24)25/h3-7H,1-2H3,(H,26,30). The first-order valence-corrected chi connectivity index (χ1v) is 7.84. The molecule has 0 unspecified atom stereocenters. The number of carbonyl (C=O) groups excluding carboxylic acids is 1. The first kappa shape index (κ1) is 23.3. The van der Waals surface area contributed by atoms with E-state index in [2.05, 4.69) is 0 Å². The van der Waals surface area contributed by atoms with Crippen LogP contribution in [0.15, 0.2) is 35.1 Å². The Balaban J connectivity index is 2.70. The fourth-order valence-corrected chi connectivity index (χ4v) is 2.79. The van der Waals surface area contributed by atoms with Gasteiger partial charge in [0, 0.05) is 7.05 Å². The van der Waals surface area contributed by atoms with E-state index in [1.807, 2.05) is 0 Å². The largest absolute Gasteiger partial charge is 0.421 e. The number of amides is 1. The molecule has 0 radical (unpaired) electrons. The molecule has 1 heterocycles. The molecule has 0 spiro atoms. The van der Waals surface area contributed by atoms with Crippen molar-refractivity contribution in [3.05, 3.63) is 46.4 Å². The van der Waals surface area contributed by atoms with Crippen LogP contribution in [0.25, 0.3) is 5.69 Å². The van der Waals surface area contributed by atoms with Crippen LogP contribution in [0, 0.1) is 12.3 Å². The van der Waals surface area contributed by atoms with E-state index < -0.39 is 41.1 Å². The van der Waals surface area contributed by atoms with Crippen LogP contribution >= 0.6 is 0 Å². The smallest absolute Gasteiger partial charge is 0.319 e. The van der Waals surface area contributed by atoms with Crippen LogP contribution in [0.2, 0.25) is 0 Å². The minimum atomic E-state index is -7.09. The molecule has 0 atom stereocenters. The van der Waals surface area contributed by atoms with Gasteiger partial charge in [-0.3, -0.25) is 14.3 Å². The number of alkyl halides is 9. The van der Waals surface area contributed by atoms with Crippen LogP contribution in [0.4, 0.5) is 45.2 Å². The number of nitrogens with zero attached hydrogens (tertiary/aromatic N) is 2. The molecule has 2 aromatic rings. The van der Waals surface area contributed by atoms with E-state index in [0.717, 1.165) is 21.6 Å². The maximum Gasteiger partial charge on any atom is 0.421 e. The third kappa shape index (κ3) is 3.33. The molecular formula is C16H12F9N3O2. The van der Waals surface area contributed by atoms with Gasteiger partial charge in [-0.25, -0.2) is 4.68 Å². The van der Waals surface area contributed by atoms with E-state index in [9.17, 15) is 49.1 Å². The SMILES string of the molecule is Cc1c(NC(=O)C(C(F)(F)F)(C(F)(F)F)C(F)(F)F)c(=O)n(-c2ccccc2)n1C. The average molecular weight is 449 g/mol. The van der Waals surface area contributed by atoms with Crippen LogP contribution in [-0.4, -0.2) is 33.8 Å². The molecule has 0 aliphatic rings. The fourth-order valence-electron chi connectivity index (χ4n) is 2.79. The van der Waals surface area contributed by atoms with Crippen LogP contribution in [0.1, 0.15) is 5.69 Å². The summed E-state index contributed by atoms with van der Waals surface area (Å²) in [6.45, 7) is 1.02. The van der Waals surface area contributed by atoms with Gasteiger partial charge in [0.15, 0.2) is 0 Å². The first-order valence-electron chi connectivity index (χ1n) is 7.84. The van der Waals surface area contributed by atoms with Gasteiger partial charge in [-0.1, -0.05) is 18.2 Å². The Labute approximate surface area is 161 Å². The summed E-state index contributed by atoms with van der Waals surface area (Å²) in [5.74, 6) is -3.49. The van der Waals surface area contributed by atoms with E-state index in [4.69, 9.17) is 0 Å². The number of aromatic nitrogens is 2. The average Bonchev–Trinajstić information content (AvgIpc) is 2.75. The van der Waals surface area contributed by atoms with Crippen molar-refractivity contribution >= 4 is 11.6 Å². The second kappa shape index (κ2) is 7.09. The number of anilines is 1. The summed E-state index contributed by atoms with van der Waals surface area (Å²) >= 11 is 0. The maximum absolute atomic E-state index is 13.1. The molecular weight excluding hydrogens is 437 g/mol. The highest BCUT2D eigenvalue weighted by atomic mass is 19.4. The zero-order valence-corrected chi connectivity index (χ0v) is 15.0. The summed E-state index contributed by atoms with van der Waals surface area (Å²) in [4.78, 5) is 24.4. The summed E-state index contributed by atoms with van der Waals surface area (Å²) in [6, 6.07) is 7.13. The van der Waals surface area contributed by atoms with E-state index >= 15 is 0 Å². The molecule has 0 aliphatic heterocycles. The quantitative estimate of drug-likeness (QED) is 0.718. The number of hydrogen-bond donors (Lipinski definition) is 1. The summed E-state index contributed by atoms with van der Waals surface area (Å²) in [5, 5.41) is 0.917. The second-order valence-electron chi connectivity index (χ2n) is 6.13. The highest BCUT2D eigenvalue weighted by Gasteiger charge is 2.88. The van der Waals surface area contributed by atoms with Crippen molar-refractivity contribution in [1.82, 2.24) is 9.36 Å². The molecule has 1 aromatic heterocycles. The summed E-state index contributed by atoms with van der Waals surface area (Å²) in [6.07, 6.45) is -21.3. The van der Waals surface area contributed by atoms with Gasteiger partial charge in [0.25, 0.3) is 11.5 Å². The van der Waals surface area contributed by atoms with Crippen molar-refractivity contribution in [3.63, 3.8) is 0 Å². The van der Waals surface area contributed by atoms with E-state index in [-0.39, 0.29) is 11.4 Å². The number of hydrogen-bond acceptors (Lipinski definition) is 2. The van der Waals surface area contributed by atoms with Gasteiger partial charge >= 0.3 is 23.9 Å². The van der Waals surface area contributed by atoms with Gasteiger partial charge in [0.05, 0.1) is 11.4 Å². The van der Waals surface area contributed by atoms with Crippen LogP contribution < -0.4 is 10.9 Å². The Morgan fingerprint density at radius 2 is 1.30 bits per heavy atom.